The fourth-order valence-corrected chi connectivity index (χ4v) is 3.69. The quantitative estimate of drug-likeness (QED) is 0.168. The van der Waals surface area contributed by atoms with Crippen LogP contribution in [0.2, 0.25) is 5.02 Å². The first-order valence-corrected chi connectivity index (χ1v) is 11.1. The third-order valence-corrected chi connectivity index (χ3v) is 5.49. The number of aliphatic imine (C=N–C) groups is 1. The second-order valence-electron chi connectivity index (χ2n) is 7.62. The molecule has 35 heavy (non-hydrogen) atoms. The molecule has 0 radical (unpaired) electrons. The molecule has 1 aliphatic heterocycles. The number of nitro benzene ring substituents is 1. The summed E-state index contributed by atoms with van der Waals surface area (Å²) in [6.07, 6.45) is 1.53. The molecule has 3 aromatic carbocycles. The SMILES string of the molecule is CCOc1cc(/C=C2\N=C(c3ccc([N+](=O)[O-])cc3)OC2=O)cc(Cl)c1OCc1ccccc1C. The molecule has 3 aromatic rings. The van der Waals surface area contributed by atoms with Crippen molar-refractivity contribution in [2.24, 2.45) is 4.99 Å². The number of carbonyl (C=O) groups excluding carboxylic acids is 1. The highest BCUT2D eigenvalue weighted by Gasteiger charge is 2.25. The van der Waals surface area contributed by atoms with Crippen LogP contribution in [0.4, 0.5) is 5.69 Å². The van der Waals surface area contributed by atoms with Crippen LogP contribution in [0.15, 0.2) is 71.4 Å². The number of carbonyl (C=O) groups is 1. The zero-order chi connectivity index (χ0) is 24.9. The molecule has 0 unspecified atom stereocenters. The molecule has 0 bridgehead atoms. The lowest BCUT2D eigenvalue weighted by atomic mass is 10.1. The van der Waals surface area contributed by atoms with Crippen LogP contribution in [0.1, 0.15) is 29.2 Å². The maximum absolute atomic E-state index is 12.4. The molecule has 8 nitrogen and oxygen atoms in total. The maximum Gasteiger partial charge on any atom is 0.363 e. The van der Waals surface area contributed by atoms with Crippen LogP contribution in [-0.2, 0) is 16.1 Å². The Labute approximate surface area is 206 Å². The van der Waals surface area contributed by atoms with Gasteiger partial charge in [0.15, 0.2) is 17.2 Å². The van der Waals surface area contributed by atoms with Gasteiger partial charge in [-0.2, -0.15) is 0 Å². The van der Waals surface area contributed by atoms with Crippen molar-refractivity contribution in [2.75, 3.05) is 6.61 Å². The van der Waals surface area contributed by atoms with Crippen molar-refractivity contribution in [2.45, 2.75) is 20.5 Å². The van der Waals surface area contributed by atoms with Gasteiger partial charge in [0, 0.05) is 17.7 Å². The predicted molar refractivity (Wildman–Crippen MR) is 132 cm³/mol. The van der Waals surface area contributed by atoms with Crippen molar-refractivity contribution in [3.63, 3.8) is 0 Å². The molecule has 178 valence electrons. The first-order chi connectivity index (χ1) is 16.9. The third kappa shape index (κ3) is 5.50. The second-order valence-corrected chi connectivity index (χ2v) is 8.03. The molecule has 0 saturated carbocycles. The Balaban J connectivity index is 1.60. The van der Waals surface area contributed by atoms with Crippen LogP contribution in [0.3, 0.4) is 0 Å². The van der Waals surface area contributed by atoms with E-state index in [9.17, 15) is 14.9 Å². The van der Waals surface area contributed by atoms with E-state index < -0.39 is 10.9 Å². The van der Waals surface area contributed by atoms with Crippen LogP contribution >= 0.6 is 11.6 Å². The summed E-state index contributed by atoms with van der Waals surface area (Å²) >= 11 is 6.52. The van der Waals surface area contributed by atoms with Gasteiger partial charge in [-0.3, -0.25) is 10.1 Å². The Bertz CT molecular complexity index is 1350. The summed E-state index contributed by atoms with van der Waals surface area (Å²) in [7, 11) is 0. The summed E-state index contributed by atoms with van der Waals surface area (Å²) in [6, 6.07) is 16.8. The lowest BCUT2D eigenvalue weighted by Crippen LogP contribution is -2.05. The summed E-state index contributed by atoms with van der Waals surface area (Å²) in [4.78, 5) is 27.0. The number of non-ortho nitro benzene ring substituents is 1. The predicted octanol–water partition coefficient (Wildman–Crippen LogP) is 5.88. The molecule has 1 aliphatic rings. The lowest BCUT2D eigenvalue weighted by molar-refractivity contribution is -0.384. The van der Waals surface area contributed by atoms with E-state index in [0.717, 1.165) is 11.1 Å². The average molecular weight is 493 g/mol. The van der Waals surface area contributed by atoms with E-state index in [1.807, 2.05) is 38.1 Å². The number of nitro groups is 1. The molecule has 0 atom stereocenters. The highest BCUT2D eigenvalue weighted by molar-refractivity contribution is 6.32. The van der Waals surface area contributed by atoms with Gasteiger partial charge in [0.1, 0.15) is 6.61 Å². The molecular weight excluding hydrogens is 472 g/mol. The topological polar surface area (TPSA) is 100 Å². The monoisotopic (exact) mass is 492 g/mol. The molecule has 1 heterocycles. The zero-order valence-corrected chi connectivity index (χ0v) is 19.7. The number of cyclic esters (lactones) is 1. The van der Waals surface area contributed by atoms with Gasteiger partial charge in [-0.15, -0.1) is 0 Å². The van der Waals surface area contributed by atoms with Crippen LogP contribution in [-0.4, -0.2) is 23.4 Å². The summed E-state index contributed by atoms with van der Waals surface area (Å²) < 4.78 is 17.0. The lowest BCUT2D eigenvalue weighted by Gasteiger charge is -2.15. The average Bonchev–Trinajstić information content (AvgIpc) is 3.20. The van der Waals surface area contributed by atoms with E-state index >= 15 is 0 Å². The maximum atomic E-state index is 12.4. The number of aryl methyl sites for hydroxylation is 1. The summed E-state index contributed by atoms with van der Waals surface area (Å²) in [6.45, 7) is 4.56. The number of nitrogens with zero attached hydrogens (tertiary/aromatic N) is 2. The van der Waals surface area contributed by atoms with Crippen molar-refractivity contribution in [1.82, 2.24) is 0 Å². The highest BCUT2D eigenvalue weighted by Crippen LogP contribution is 2.38. The van der Waals surface area contributed by atoms with Gasteiger partial charge in [0.25, 0.3) is 5.69 Å². The highest BCUT2D eigenvalue weighted by atomic mass is 35.5. The molecule has 0 amide bonds. The minimum Gasteiger partial charge on any atom is -0.490 e. The van der Waals surface area contributed by atoms with Crippen LogP contribution in [0, 0.1) is 17.0 Å². The summed E-state index contributed by atoms with van der Waals surface area (Å²) in [5, 5.41) is 11.2. The third-order valence-electron chi connectivity index (χ3n) is 5.21. The van der Waals surface area contributed by atoms with Crippen molar-refractivity contribution in [3.05, 3.63) is 104 Å². The molecular formula is C26H21ClN2O6. The van der Waals surface area contributed by atoms with Gasteiger partial charge >= 0.3 is 5.97 Å². The molecule has 0 saturated heterocycles. The fraction of sp³-hybridized carbons (Fsp3) is 0.154. The first kappa shape index (κ1) is 24.0. The Hall–Kier alpha value is -4.17. The Morgan fingerprint density at radius 2 is 1.86 bits per heavy atom. The Morgan fingerprint density at radius 3 is 2.54 bits per heavy atom. The number of rotatable bonds is 8. The Morgan fingerprint density at radius 1 is 1.11 bits per heavy atom. The smallest absolute Gasteiger partial charge is 0.363 e. The van der Waals surface area contributed by atoms with Crippen LogP contribution < -0.4 is 9.47 Å². The van der Waals surface area contributed by atoms with Crippen molar-refractivity contribution < 1.29 is 23.9 Å². The standard InChI is InChI=1S/C26H21ClN2O6/c1-3-33-23-14-17(12-21(27)24(23)34-15-19-7-5-4-6-16(19)2)13-22-26(30)35-25(28-22)18-8-10-20(11-9-18)29(31)32/h4-14H,3,15H2,1-2H3/b22-13-. The molecule has 0 spiro atoms. The van der Waals surface area contributed by atoms with Gasteiger partial charge < -0.3 is 14.2 Å². The molecule has 9 heteroatoms. The molecule has 0 aromatic heterocycles. The number of benzene rings is 3. The first-order valence-electron chi connectivity index (χ1n) is 10.8. The van der Waals surface area contributed by atoms with E-state index in [2.05, 4.69) is 4.99 Å². The fourth-order valence-electron chi connectivity index (χ4n) is 3.41. The zero-order valence-electron chi connectivity index (χ0n) is 19.0. The van der Waals surface area contributed by atoms with Crippen LogP contribution in [0.25, 0.3) is 6.08 Å². The van der Waals surface area contributed by atoms with Gasteiger partial charge in [0.05, 0.1) is 16.6 Å². The van der Waals surface area contributed by atoms with E-state index in [1.165, 1.54) is 30.3 Å². The molecule has 4 rings (SSSR count). The van der Waals surface area contributed by atoms with Gasteiger partial charge in [0.2, 0.25) is 5.90 Å². The number of hydrogen-bond acceptors (Lipinski definition) is 7. The molecule has 0 fully saturated rings. The van der Waals surface area contributed by atoms with E-state index in [1.54, 1.807) is 12.1 Å². The van der Waals surface area contributed by atoms with Gasteiger partial charge in [-0.05, 0) is 60.9 Å². The molecule has 0 aliphatic carbocycles. The van der Waals surface area contributed by atoms with E-state index in [4.69, 9.17) is 25.8 Å². The molecule has 0 N–H and O–H groups in total. The van der Waals surface area contributed by atoms with Crippen molar-refractivity contribution >= 4 is 35.2 Å². The number of halogens is 1. The van der Waals surface area contributed by atoms with Gasteiger partial charge in [-0.1, -0.05) is 35.9 Å². The van der Waals surface area contributed by atoms with Gasteiger partial charge in [-0.25, -0.2) is 9.79 Å². The second kappa shape index (κ2) is 10.4. The van der Waals surface area contributed by atoms with Crippen LogP contribution in [0.5, 0.6) is 11.5 Å². The van der Waals surface area contributed by atoms with Crippen molar-refractivity contribution in [3.8, 4) is 11.5 Å². The number of ether oxygens (including phenoxy) is 3. The number of esters is 1. The van der Waals surface area contributed by atoms with E-state index in [-0.39, 0.29) is 17.3 Å². The Kier molecular flexibility index (Phi) is 7.12. The summed E-state index contributed by atoms with van der Waals surface area (Å²) in [5.41, 5.74) is 3.13. The minimum atomic E-state index is -0.646. The van der Waals surface area contributed by atoms with E-state index in [0.29, 0.717) is 40.9 Å². The number of hydrogen-bond donors (Lipinski definition) is 0. The largest absolute Gasteiger partial charge is 0.490 e. The van der Waals surface area contributed by atoms with Crippen molar-refractivity contribution in [1.29, 1.82) is 0 Å². The minimum absolute atomic E-state index is 0.0606. The summed E-state index contributed by atoms with van der Waals surface area (Å²) in [5.74, 6) is 0.257. The normalized spacial score (nSPS) is 14.0.